The highest BCUT2D eigenvalue weighted by atomic mass is 19.3. The van der Waals surface area contributed by atoms with Gasteiger partial charge in [0, 0.05) is 5.92 Å². The van der Waals surface area contributed by atoms with Gasteiger partial charge < -0.3 is 77.6 Å². The third kappa shape index (κ3) is 25.5. The quantitative estimate of drug-likeness (QED) is 0.0484. The molecule has 0 aliphatic carbocycles. The van der Waals surface area contributed by atoms with E-state index in [2.05, 4.69) is 33.2 Å². The third-order valence-corrected chi connectivity index (χ3v) is 18.0. The van der Waals surface area contributed by atoms with E-state index >= 15 is 0 Å². The second-order valence-electron chi connectivity index (χ2n) is 26.3. The van der Waals surface area contributed by atoms with Crippen LogP contribution in [-0.4, -0.2) is 227 Å². The Kier molecular flexibility index (Phi) is 38.1. The Balaban J connectivity index is 0.00000116. The van der Waals surface area contributed by atoms with Gasteiger partial charge in [-0.3, -0.25) is 0 Å². The smallest absolute Gasteiger partial charge is 0.379 e. The summed E-state index contributed by atoms with van der Waals surface area (Å²) in [6, 6.07) is 0. The predicted molar refractivity (Wildman–Crippen MR) is 329 cm³/mol. The van der Waals surface area contributed by atoms with Crippen molar-refractivity contribution in [2.45, 2.75) is 296 Å². The number of aliphatic hydroxyl groups excluding tert-OH is 5. The summed E-state index contributed by atoms with van der Waals surface area (Å²) >= 11 is 0. The maximum Gasteiger partial charge on any atom is 0.379 e. The zero-order chi connectivity index (χ0) is 81.1. The van der Waals surface area contributed by atoms with Crippen molar-refractivity contribution >= 4 is 35.8 Å². The summed E-state index contributed by atoms with van der Waals surface area (Å²) in [6.07, 6.45) is -8.62. The number of alkyl halides is 16. The summed E-state index contributed by atoms with van der Waals surface area (Å²) < 4.78 is 260. The lowest BCUT2D eigenvalue weighted by Crippen LogP contribution is -2.49. The van der Waals surface area contributed by atoms with Gasteiger partial charge in [-0.15, -0.1) is 0 Å². The predicted octanol–water partition coefficient (Wildman–Crippen LogP) is 10.9. The summed E-state index contributed by atoms with van der Waals surface area (Å²) in [4.78, 5) is 64.4. The monoisotopic (exact) mass is 1540 g/mol. The van der Waals surface area contributed by atoms with Crippen LogP contribution < -0.4 is 0 Å². The van der Waals surface area contributed by atoms with Gasteiger partial charge in [0.2, 0.25) is 6.29 Å². The van der Waals surface area contributed by atoms with Gasteiger partial charge in [-0.1, -0.05) is 76.2 Å². The number of carbonyl (C=O) groups excluding carboxylic acids is 6. The molecule has 0 aromatic heterocycles. The molecule has 7 saturated heterocycles. The van der Waals surface area contributed by atoms with Crippen LogP contribution >= 0.6 is 0 Å². The molecule has 38 heteroatoms. The van der Waals surface area contributed by atoms with Gasteiger partial charge in [-0.2, -0.15) is 52.7 Å². The van der Waals surface area contributed by atoms with Gasteiger partial charge in [0.15, 0.2) is 11.9 Å². The van der Waals surface area contributed by atoms with Crippen molar-refractivity contribution in [1.29, 1.82) is 0 Å². The van der Waals surface area contributed by atoms with Crippen molar-refractivity contribution in [3.8, 4) is 0 Å². The summed E-state index contributed by atoms with van der Waals surface area (Å²) in [6.45, 7) is 26.9. The number of carbonyl (C=O) groups is 6. The van der Waals surface area contributed by atoms with Crippen molar-refractivity contribution < 1.29 is 177 Å². The fourth-order valence-corrected chi connectivity index (χ4v) is 10.4. The summed E-state index contributed by atoms with van der Waals surface area (Å²) in [5, 5.41) is 44.1. The maximum atomic E-state index is 13.7. The highest BCUT2D eigenvalue weighted by molar-refractivity contribution is 5.82. The van der Waals surface area contributed by atoms with Crippen LogP contribution in [0.5, 0.6) is 0 Å². The normalized spacial score (nSPS) is 31.2. The number of ether oxygens (including phenoxy) is 11. The zero-order valence-electron chi connectivity index (χ0n) is 61.1. The van der Waals surface area contributed by atoms with Crippen LogP contribution in [0.25, 0.3) is 0 Å². The zero-order valence-corrected chi connectivity index (χ0v) is 61.1. The molecule has 0 spiro atoms. The molecular weight excluding hydrogens is 1440 g/mol. The van der Waals surface area contributed by atoms with Gasteiger partial charge in [0.25, 0.3) is 5.92 Å². The number of rotatable bonds is 18. The topological polar surface area (TPSA) is 305 Å². The molecule has 0 amide bonds. The van der Waals surface area contributed by atoms with E-state index < -0.39 is 210 Å². The minimum atomic E-state index is -3.93. The number of aliphatic hydroxyl groups is 5. The minimum Gasteiger partial charge on any atom is -0.462 e. The van der Waals surface area contributed by atoms with Gasteiger partial charge in [0.1, 0.15) is 24.4 Å². The van der Waals surface area contributed by atoms with Crippen molar-refractivity contribution in [2.75, 3.05) is 39.6 Å². The Morgan fingerprint density at radius 1 is 0.515 bits per heavy atom. The summed E-state index contributed by atoms with van der Waals surface area (Å²) in [5.74, 6) is -44.8. The lowest BCUT2D eigenvalue weighted by atomic mass is 9.96. The van der Waals surface area contributed by atoms with Crippen LogP contribution in [0.1, 0.15) is 170 Å². The number of halogens is 16. The van der Waals surface area contributed by atoms with Gasteiger partial charge >= 0.3 is 77.3 Å². The molecule has 22 nitrogen and oxygen atoms in total. The summed E-state index contributed by atoms with van der Waals surface area (Å²) in [7, 11) is 0. The van der Waals surface area contributed by atoms with Crippen molar-refractivity contribution in [1.82, 2.24) is 0 Å². The molecule has 7 heterocycles. The Morgan fingerprint density at radius 3 is 1.11 bits per heavy atom. The van der Waals surface area contributed by atoms with E-state index in [9.17, 15) is 104 Å². The van der Waals surface area contributed by atoms with E-state index in [0.717, 1.165) is 6.92 Å². The van der Waals surface area contributed by atoms with Crippen LogP contribution in [-0.2, 0) is 80.9 Å². The minimum absolute atomic E-state index is 0.0448. The SMILES string of the molecule is CC1[C@@H](CO)OC(=O)C1(F)F.CCOC(=O)C(F)(F)C(C)[C@H](O)CO.CCOC(=O)C(F)(F)C(C)[C@H]1COC(C)(C)O1.CCOC(=O)C(F)(F)C(O)[C@H]1CCC(C)(C)O1.CC[C@H]1OC(=O)C(F)(F)C1C.CC[C@H]1OC(=O)C(F)(F)C1C.CC[C@H]1OC(C)C(F)(F)C1C.CC[C@H]1OC(O)C(F)(F)C1C. The highest BCUT2D eigenvalue weighted by Crippen LogP contribution is 2.45. The molecule has 18 atom stereocenters. The largest absolute Gasteiger partial charge is 0.462 e. The number of hydrogen-bond donors (Lipinski definition) is 5. The molecule has 5 N–H and O–H groups in total. The molecule has 7 aliphatic rings. The Morgan fingerprint density at radius 2 is 0.874 bits per heavy atom. The van der Waals surface area contributed by atoms with Crippen molar-refractivity contribution in [2.24, 2.45) is 41.4 Å². The lowest BCUT2D eigenvalue weighted by Gasteiger charge is -2.27. The van der Waals surface area contributed by atoms with E-state index in [1.165, 1.54) is 62.3 Å². The van der Waals surface area contributed by atoms with Crippen LogP contribution in [0.4, 0.5) is 70.2 Å². The molecule has 0 aromatic rings. The molecule has 7 rings (SSSR count). The van der Waals surface area contributed by atoms with E-state index in [4.69, 9.17) is 39.4 Å². The maximum absolute atomic E-state index is 13.7. The molecule has 0 radical (unpaired) electrons. The van der Waals surface area contributed by atoms with Gasteiger partial charge in [-0.05, 0) is 93.9 Å². The molecule has 7 fully saturated rings. The number of cyclic esters (lactones) is 3. The molecular formula is C65H104F16O22. The first kappa shape index (κ1) is 98.3. The molecule has 0 aromatic carbocycles. The first-order chi connectivity index (χ1) is 46.8. The fourth-order valence-electron chi connectivity index (χ4n) is 10.4. The van der Waals surface area contributed by atoms with Crippen molar-refractivity contribution in [3.63, 3.8) is 0 Å². The Labute approximate surface area is 588 Å². The number of esters is 6. The average molecular weight is 1540 g/mol. The Bertz CT molecular complexity index is 2460. The standard InChI is InChI=1S/2C11H18F2O4.C8H14F2O4.C8H14F2O.C7H12F2O2.2C7H10F2O2.C6H8F2O3/c1-5-15-9(14)11(12,13)7(2)8-6-16-10(3,4)17-8;1-4-16-9(15)11(12,13)8(14)7-5-6-10(2,3)17-7;1-3-14-7(13)8(9,10)5(2)6(12)4-11;1-4-7-5(2)8(9,10)6(3)11-7;3*1-3-5-4(2)7(8,9)6(10)11-5;1-3-4(2-9)11-5(10)6(3,7)8/h7-8H,5-6H2,1-4H3;7-8,14H,4-6H2,1-3H3;5-6,11-12H,3-4H2,1-2H3;5-7H,4H2,1-3H3;4-6,10H,3H2,1-2H3;2*4-5H,3H2,1-2H3;3-4,9H,2H2,1H3/t7?,8-;7-,8?;5?,6-;5?,6?,7-;4?,5-,6?;2*4?,5-;3?,4-/m11111111/s1. The molecule has 7 aliphatic heterocycles. The van der Waals surface area contributed by atoms with Gasteiger partial charge in [0.05, 0.1) is 111 Å². The lowest BCUT2D eigenvalue weighted by molar-refractivity contribution is -0.205. The first-order valence-corrected chi connectivity index (χ1v) is 33.5. The highest BCUT2D eigenvalue weighted by Gasteiger charge is 2.61. The summed E-state index contributed by atoms with van der Waals surface area (Å²) in [5.41, 5.74) is -0.545. The van der Waals surface area contributed by atoms with E-state index in [1.54, 1.807) is 55.4 Å². The molecule has 0 bridgehead atoms. The fraction of sp³-hybridized carbons (Fsp3) is 0.908. The molecule has 608 valence electrons. The van der Waals surface area contributed by atoms with Crippen LogP contribution in [0.3, 0.4) is 0 Å². The van der Waals surface area contributed by atoms with E-state index in [-0.39, 0.29) is 32.5 Å². The number of hydrogen-bond acceptors (Lipinski definition) is 22. The second kappa shape index (κ2) is 39.9. The molecule has 0 saturated carbocycles. The Hall–Kier alpha value is -4.70. The molecule has 103 heavy (non-hydrogen) atoms. The van der Waals surface area contributed by atoms with E-state index in [0.29, 0.717) is 38.5 Å². The van der Waals surface area contributed by atoms with Crippen molar-refractivity contribution in [3.05, 3.63) is 0 Å². The van der Waals surface area contributed by atoms with Crippen LogP contribution in [0.15, 0.2) is 0 Å². The van der Waals surface area contributed by atoms with Gasteiger partial charge in [-0.25, -0.2) is 46.3 Å². The third-order valence-electron chi connectivity index (χ3n) is 18.0. The first-order valence-electron chi connectivity index (χ1n) is 33.5. The average Bonchev–Trinajstić information content (AvgIpc) is 1.76. The van der Waals surface area contributed by atoms with Crippen LogP contribution in [0, 0.1) is 41.4 Å². The molecule has 10 unspecified atom stereocenters. The second-order valence-corrected chi connectivity index (χ2v) is 26.3. The van der Waals surface area contributed by atoms with E-state index in [1.807, 2.05) is 6.92 Å². The van der Waals surface area contributed by atoms with Crippen LogP contribution in [0.2, 0.25) is 0 Å².